The van der Waals surface area contributed by atoms with Gasteiger partial charge < -0.3 is 19.5 Å². The van der Waals surface area contributed by atoms with E-state index in [1.165, 1.54) is 18.1 Å². The van der Waals surface area contributed by atoms with Crippen molar-refractivity contribution in [3.8, 4) is 11.5 Å². The van der Waals surface area contributed by atoms with Crippen LogP contribution < -0.4 is 14.8 Å². The van der Waals surface area contributed by atoms with Crippen LogP contribution in [-0.2, 0) is 16.1 Å². The highest BCUT2D eigenvalue weighted by atomic mass is 79.9. The van der Waals surface area contributed by atoms with Gasteiger partial charge in [-0.1, -0.05) is 21.5 Å². The summed E-state index contributed by atoms with van der Waals surface area (Å²) < 4.78 is 17.0. The van der Waals surface area contributed by atoms with Crippen LogP contribution in [0, 0.1) is 0 Å². The van der Waals surface area contributed by atoms with E-state index in [9.17, 15) is 4.79 Å². The summed E-state index contributed by atoms with van der Waals surface area (Å²) >= 11 is 3.58. The Kier molecular flexibility index (Phi) is 6.37. The largest absolute Gasteiger partial charge is 0.458 e. The molecule has 1 unspecified atom stereocenters. The fourth-order valence-electron chi connectivity index (χ4n) is 3.19. The van der Waals surface area contributed by atoms with Crippen LogP contribution in [0.5, 0.6) is 11.5 Å². The van der Waals surface area contributed by atoms with E-state index >= 15 is 0 Å². The van der Waals surface area contributed by atoms with E-state index in [0.717, 1.165) is 61.2 Å². The third kappa shape index (κ3) is 5.22. The van der Waals surface area contributed by atoms with Crippen molar-refractivity contribution < 1.29 is 19.0 Å². The molecule has 0 spiro atoms. The van der Waals surface area contributed by atoms with Gasteiger partial charge in [-0.15, -0.1) is 0 Å². The van der Waals surface area contributed by atoms with Gasteiger partial charge in [-0.2, -0.15) is 0 Å². The van der Waals surface area contributed by atoms with Gasteiger partial charge in [-0.25, -0.2) is 0 Å². The lowest BCUT2D eigenvalue weighted by atomic mass is 10.1. The highest BCUT2D eigenvalue weighted by Crippen LogP contribution is 2.36. The number of carbonyl (C=O) groups excluding carboxylic acids is 1. The van der Waals surface area contributed by atoms with Gasteiger partial charge in [-0.05, 0) is 62.4 Å². The molecule has 3 rings (SSSR count). The van der Waals surface area contributed by atoms with E-state index in [2.05, 4.69) is 27.3 Å². The molecule has 1 heterocycles. The molecule has 0 saturated heterocycles. The van der Waals surface area contributed by atoms with Crippen molar-refractivity contribution in [3.05, 3.63) is 33.8 Å². The van der Waals surface area contributed by atoms with E-state index in [1.54, 1.807) is 0 Å². The van der Waals surface area contributed by atoms with Crippen molar-refractivity contribution in [2.75, 3.05) is 13.3 Å². The molecule has 136 valence electrons. The number of halogens is 1. The van der Waals surface area contributed by atoms with Gasteiger partial charge >= 0.3 is 5.97 Å². The number of fused-ring (bicyclic) bond motifs is 1. The van der Waals surface area contributed by atoms with Crippen molar-refractivity contribution in [2.45, 2.75) is 51.7 Å². The molecule has 1 aromatic rings. The summed E-state index contributed by atoms with van der Waals surface area (Å²) in [6, 6.07) is 3.99. The average molecular weight is 410 g/mol. The SMILES string of the molecule is CC(=O)OC1C=C(CCCCNCc2cc3c(cc2Br)OCO3)CC1. The van der Waals surface area contributed by atoms with Crippen molar-refractivity contribution >= 4 is 21.9 Å². The topological polar surface area (TPSA) is 56.8 Å². The maximum atomic E-state index is 11.0. The maximum Gasteiger partial charge on any atom is 0.303 e. The van der Waals surface area contributed by atoms with Gasteiger partial charge in [0.05, 0.1) is 0 Å². The molecule has 1 N–H and O–H groups in total. The van der Waals surface area contributed by atoms with E-state index in [4.69, 9.17) is 14.2 Å². The minimum Gasteiger partial charge on any atom is -0.458 e. The van der Waals surface area contributed by atoms with E-state index in [1.807, 2.05) is 12.1 Å². The zero-order valence-corrected chi connectivity index (χ0v) is 16.1. The first kappa shape index (κ1) is 18.3. The minimum atomic E-state index is -0.193. The lowest BCUT2D eigenvalue weighted by molar-refractivity contribution is -0.144. The van der Waals surface area contributed by atoms with Gasteiger partial charge in [0, 0.05) is 17.9 Å². The van der Waals surface area contributed by atoms with Crippen LogP contribution in [0.4, 0.5) is 0 Å². The summed E-state index contributed by atoms with van der Waals surface area (Å²) in [5, 5.41) is 3.48. The summed E-state index contributed by atoms with van der Waals surface area (Å²) in [4.78, 5) is 11.0. The van der Waals surface area contributed by atoms with Gasteiger partial charge in [0.2, 0.25) is 6.79 Å². The average Bonchev–Trinajstić information content (AvgIpc) is 3.19. The Labute approximate surface area is 156 Å². The van der Waals surface area contributed by atoms with Crippen molar-refractivity contribution in [1.29, 1.82) is 0 Å². The molecular formula is C19H24BrNO4. The number of nitrogens with one attached hydrogen (secondary N) is 1. The molecule has 0 fully saturated rings. The smallest absolute Gasteiger partial charge is 0.303 e. The summed E-state index contributed by atoms with van der Waals surface area (Å²) in [7, 11) is 0. The van der Waals surface area contributed by atoms with E-state index < -0.39 is 0 Å². The minimum absolute atomic E-state index is 0.00557. The van der Waals surface area contributed by atoms with Crippen molar-refractivity contribution in [1.82, 2.24) is 5.32 Å². The van der Waals surface area contributed by atoms with Gasteiger partial charge in [0.25, 0.3) is 0 Å². The molecule has 0 aromatic heterocycles. The Morgan fingerprint density at radius 2 is 2.12 bits per heavy atom. The molecule has 0 amide bonds. The Bertz CT molecular complexity index is 659. The number of unbranched alkanes of at least 4 members (excludes halogenated alkanes) is 1. The Morgan fingerprint density at radius 1 is 1.32 bits per heavy atom. The summed E-state index contributed by atoms with van der Waals surface area (Å²) in [5.74, 6) is 1.42. The normalized spacial score (nSPS) is 18.3. The number of hydrogen-bond donors (Lipinski definition) is 1. The number of carbonyl (C=O) groups is 1. The fraction of sp³-hybridized carbons (Fsp3) is 0.526. The number of rotatable bonds is 8. The van der Waals surface area contributed by atoms with Crippen molar-refractivity contribution in [2.24, 2.45) is 0 Å². The van der Waals surface area contributed by atoms with Crippen LogP contribution in [0.1, 0.15) is 44.6 Å². The van der Waals surface area contributed by atoms with Gasteiger partial charge in [0.15, 0.2) is 11.5 Å². The molecule has 25 heavy (non-hydrogen) atoms. The molecule has 5 nitrogen and oxygen atoms in total. The summed E-state index contributed by atoms with van der Waals surface area (Å²) in [5.41, 5.74) is 2.59. The molecule has 0 radical (unpaired) electrons. The van der Waals surface area contributed by atoms with Crippen LogP contribution in [-0.4, -0.2) is 25.4 Å². The van der Waals surface area contributed by atoms with E-state index in [-0.39, 0.29) is 12.1 Å². The number of ether oxygens (including phenoxy) is 3. The Morgan fingerprint density at radius 3 is 2.92 bits per heavy atom. The number of allylic oxidation sites excluding steroid dienone is 1. The fourth-order valence-corrected chi connectivity index (χ4v) is 3.65. The highest BCUT2D eigenvalue weighted by Gasteiger charge is 2.18. The first-order valence-electron chi connectivity index (χ1n) is 8.77. The highest BCUT2D eigenvalue weighted by molar-refractivity contribution is 9.10. The van der Waals surface area contributed by atoms with Gasteiger partial charge in [-0.3, -0.25) is 4.79 Å². The molecule has 1 aliphatic carbocycles. The van der Waals surface area contributed by atoms with Crippen LogP contribution in [0.2, 0.25) is 0 Å². The zero-order chi connectivity index (χ0) is 17.6. The molecule has 1 aliphatic heterocycles. The summed E-state index contributed by atoms with van der Waals surface area (Å²) in [6.07, 6.45) is 7.46. The monoisotopic (exact) mass is 409 g/mol. The third-order valence-electron chi connectivity index (χ3n) is 4.45. The second-order valence-electron chi connectivity index (χ2n) is 6.44. The predicted molar refractivity (Wildman–Crippen MR) is 98.7 cm³/mol. The lowest BCUT2D eigenvalue weighted by Gasteiger charge is -2.08. The second kappa shape index (κ2) is 8.72. The molecule has 2 aliphatic rings. The van der Waals surface area contributed by atoms with Gasteiger partial charge in [0.1, 0.15) is 6.10 Å². The maximum absolute atomic E-state index is 11.0. The van der Waals surface area contributed by atoms with Crippen LogP contribution in [0.3, 0.4) is 0 Å². The quantitative estimate of drug-likeness (QED) is 0.398. The zero-order valence-electron chi connectivity index (χ0n) is 14.5. The Hall–Kier alpha value is -1.53. The number of benzene rings is 1. The molecule has 1 aromatic carbocycles. The molecular weight excluding hydrogens is 386 g/mol. The summed E-state index contributed by atoms with van der Waals surface area (Å²) in [6.45, 7) is 3.54. The molecule has 0 bridgehead atoms. The second-order valence-corrected chi connectivity index (χ2v) is 7.30. The first-order valence-corrected chi connectivity index (χ1v) is 9.56. The Balaban J connectivity index is 1.33. The first-order chi connectivity index (χ1) is 12.1. The predicted octanol–water partition coefficient (Wildman–Crippen LogP) is 4.09. The van der Waals surface area contributed by atoms with Crippen LogP contribution >= 0.6 is 15.9 Å². The molecule has 6 heteroatoms. The number of esters is 1. The number of hydrogen-bond acceptors (Lipinski definition) is 5. The third-order valence-corrected chi connectivity index (χ3v) is 5.19. The van der Waals surface area contributed by atoms with Crippen LogP contribution in [0.25, 0.3) is 0 Å². The lowest BCUT2D eigenvalue weighted by Crippen LogP contribution is -2.15. The standard InChI is InChI=1S/C19H24BrNO4/c1-13(22)25-16-6-5-14(8-16)4-2-3-7-21-11-15-9-18-19(10-17(15)20)24-12-23-18/h8-10,16,21H,2-7,11-12H2,1H3. The van der Waals surface area contributed by atoms with E-state index in [0.29, 0.717) is 6.79 Å². The van der Waals surface area contributed by atoms with Crippen LogP contribution in [0.15, 0.2) is 28.3 Å². The molecule has 1 atom stereocenters. The van der Waals surface area contributed by atoms with Crippen molar-refractivity contribution in [3.63, 3.8) is 0 Å². The molecule has 0 saturated carbocycles.